The van der Waals surface area contributed by atoms with Crippen LogP contribution >= 0.6 is 0 Å². The van der Waals surface area contributed by atoms with Crippen LogP contribution in [0.25, 0.3) is 0 Å². The summed E-state index contributed by atoms with van der Waals surface area (Å²) in [4.78, 5) is 8.62. The highest BCUT2D eigenvalue weighted by atomic mass is 28.2. The lowest BCUT2D eigenvalue weighted by Crippen LogP contribution is -2.08. The molecule has 0 aliphatic heterocycles. The van der Waals surface area contributed by atoms with Gasteiger partial charge in [0.05, 0.1) is 0 Å². The average Bonchev–Trinajstić information content (AvgIpc) is 2.11. The normalized spacial score (nSPS) is 12.0. The van der Waals surface area contributed by atoms with Crippen LogP contribution in [0.1, 0.15) is 59.3 Å². The lowest BCUT2D eigenvalue weighted by atomic mass is 9.84. The molecule has 0 aromatic rings. The van der Waals surface area contributed by atoms with E-state index < -0.39 is 0 Å². The van der Waals surface area contributed by atoms with Crippen LogP contribution in [0.4, 0.5) is 0 Å². The Hall–Kier alpha value is 0.177. The molecule has 78 valence electrons. The fourth-order valence-electron chi connectivity index (χ4n) is 1.34. The predicted octanol–water partition coefficient (Wildman–Crippen LogP) is 3.40. The van der Waals surface area contributed by atoms with Crippen LogP contribution in [0.15, 0.2) is 0 Å². The first kappa shape index (κ1) is 13.2. The van der Waals surface area contributed by atoms with Crippen LogP contribution in [-0.4, -0.2) is 14.6 Å². The average molecular weight is 200 g/mol. The first-order chi connectivity index (χ1) is 6.12. The number of rotatable bonds is 8. The summed E-state index contributed by atoms with van der Waals surface area (Å²) in [6, 6.07) is 1.01. The second-order valence-electron chi connectivity index (χ2n) is 4.59. The van der Waals surface area contributed by atoms with E-state index in [1.54, 1.807) is 0 Å². The Balaban J connectivity index is 3.16. The molecule has 13 heavy (non-hydrogen) atoms. The maximum absolute atomic E-state index is 8.62. The van der Waals surface area contributed by atoms with Crippen molar-refractivity contribution in [2.75, 3.05) is 0 Å². The predicted molar refractivity (Wildman–Crippen MR) is 59.9 cm³/mol. The van der Waals surface area contributed by atoms with Crippen molar-refractivity contribution in [1.82, 2.24) is 0 Å². The minimum Gasteiger partial charge on any atom is -0.432 e. The van der Waals surface area contributed by atoms with E-state index in [0.717, 1.165) is 6.04 Å². The van der Waals surface area contributed by atoms with Crippen molar-refractivity contribution >= 4 is 9.76 Å². The van der Waals surface area contributed by atoms with Crippen molar-refractivity contribution in [2.45, 2.75) is 65.3 Å². The molecule has 0 aromatic heterocycles. The second-order valence-corrected chi connectivity index (χ2v) is 5.41. The minimum atomic E-state index is 0.159. The van der Waals surface area contributed by atoms with Gasteiger partial charge in [0.2, 0.25) is 9.76 Å². The van der Waals surface area contributed by atoms with Gasteiger partial charge in [-0.15, -0.1) is 0 Å². The molecule has 0 saturated carbocycles. The molecule has 0 aliphatic rings. The van der Waals surface area contributed by atoms with Crippen LogP contribution in [0.5, 0.6) is 0 Å². The van der Waals surface area contributed by atoms with E-state index >= 15 is 0 Å². The highest BCUT2D eigenvalue weighted by Gasteiger charge is 2.13. The third-order valence-corrected chi connectivity index (χ3v) is 3.43. The lowest BCUT2D eigenvalue weighted by molar-refractivity contribution is 0.307. The zero-order valence-electron chi connectivity index (χ0n) is 9.40. The smallest absolute Gasteiger partial charge is 0.224 e. The Labute approximate surface area is 85.9 Å². The fraction of sp³-hybridized carbons (Fsp3) is 1.00. The molecule has 1 nitrogen and oxygen atoms in total. The van der Waals surface area contributed by atoms with E-state index in [-0.39, 0.29) is 9.76 Å². The summed E-state index contributed by atoms with van der Waals surface area (Å²) >= 11 is 0. The van der Waals surface area contributed by atoms with Crippen LogP contribution in [0, 0.1) is 5.41 Å². The zero-order valence-corrected chi connectivity index (χ0v) is 10.4. The van der Waals surface area contributed by atoms with Crippen LogP contribution in [0.3, 0.4) is 0 Å². The molecule has 0 heterocycles. The highest BCUT2D eigenvalue weighted by molar-refractivity contribution is 6.25. The molecule has 0 saturated heterocycles. The summed E-state index contributed by atoms with van der Waals surface area (Å²) in [5.41, 5.74) is 0.540. The molecule has 2 heteroatoms. The summed E-state index contributed by atoms with van der Waals surface area (Å²) in [6.07, 6.45) is 7.84. The maximum Gasteiger partial charge on any atom is 0.224 e. The summed E-state index contributed by atoms with van der Waals surface area (Å²) in [5, 5.41) is 0. The topological polar surface area (TPSA) is 20.2 Å². The van der Waals surface area contributed by atoms with Gasteiger partial charge < -0.3 is 4.80 Å². The first-order valence-corrected chi connectivity index (χ1v) is 6.65. The molecule has 0 unspecified atom stereocenters. The molecule has 0 aromatic carbocycles. The van der Waals surface area contributed by atoms with Gasteiger partial charge in [-0.25, -0.2) is 0 Å². The zero-order chi connectivity index (χ0) is 10.2. The van der Waals surface area contributed by atoms with E-state index in [0.29, 0.717) is 5.41 Å². The van der Waals surface area contributed by atoms with Gasteiger partial charge in [-0.2, -0.15) is 0 Å². The Morgan fingerprint density at radius 1 is 1.08 bits per heavy atom. The van der Waals surface area contributed by atoms with Crippen LogP contribution in [0.2, 0.25) is 6.04 Å². The molecular weight excluding hydrogens is 176 g/mol. The number of hydrogen-bond acceptors (Lipinski definition) is 1. The molecule has 2 radical (unpaired) electrons. The van der Waals surface area contributed by atoms with Gasteiger partial charge in [-0.3, -0.25) is 0 Å². The van der Waals surface area contributed by atoms with E-state index in [4.69, 9.17) is 4.80 Å². The third kappa shape index (κ3) is 8.51. The largest absolute Gasteiger partial charge is 0.432 e. The van der Waals surface area contributed by atoms with Gasteiger partial charge in [0, 0.05) is 0 Å². The van der Waals surface area contributed by atoms with Gasteiger partial charge in [-0.05, 0) is 17.9 Å². The molecule has 0 spiro atoms. The Bertz CT molecular complexity index is 113. The monoisotopic (exact) mass is 200 g/mol. The Kier molecular flexibility index (Phi) is 7.67. The SMILES string of the molecule is CCC(C)(C)CCCCCC[Si]O. The quantitative estimate of drug-likeness (QED) is 0.470. The summed E-state index contributed by atoms with van der Waals surface area (Å²) < 4.78 is 0. The maximum atomic E-state index is 8.62. The van der Waals surface area contributed by atoms with E-state index in [1.165, 1.54) is 38.5 Å². The second kappa shape index (κ2) is 7.57. The van der Waals surface area contributed by atoms with E-state index in [2.05, 4.69) is 20.8 Å². The van der Waals surface area contributed by atoms with Crippen molar-refractivity contribution in [3.05, 3.63) is 0 Å². The van der Waals surface area contributed by atoms with E-state index in [9.17, 15) is 0 Å². The molecule has 0 aliphatic carbocycles. The van der Waals surface area contributed by atoms with E-state index in [1.807, 2.05) is 0 Å². The summed E-state index contributed by atoms with van der Waals surface area (Å²) in [6.45, 7) is 6.97. The molecular formula is C11H24OSi. The highest BCUT2D eigenvalue weighted by Crippen LogP contribution is 2.27. The van der Waals surface area contributed by atoms with Gasteiger partial charge in [0.25, 0.3) is 0 Å². The van der Waals surface area contributed by atoms with Gasteiger partial charge >= 0.3 is 0 Å². The summed E-state index contributed by atoms with van der Waals surface area (Å²) in [5.74, 6) is 0. The van der Waals surface area contributed by atoms with Gasteiger partial charge in [0.15, 0.2) is 0 Å². The van der Waals surface area contributed by atoms with Crippen molar-refractivity contribution in [3.8, 4) is 0 Å². The molecule has 0 rings (SSSR count). The van der Waals surface area contributed by atoms with Crippen molar-refractivity contribution in [2.24, 2.45) is 5.41 Å². The molecule has 0 amide bonds. The standard InChI is InChI=1S/C11H24OSi/c1-4-11(2,3)9-7-5-6-8-10-13-12/h12H,4-10H2,1-3H3. The molecule has 0 atom stereocenters. The number of hydrogen-bond donors (Lipinski definition) is 1. The van der Waals surface area contributed by atoms with Crippen molar-refractivity contribution in [1.29, 1.82) is 0 Å². The third-order valence-electron chi connectivity index (χ3n) is 2.85. The Morgan fingerprint density at radius 3 is 2.23 bits per heavy atom. The van der Waals surface area contributed by atoms with Crippen molar-refractivity contribution in [3.63, 3.8) is 0 Å². The minimum absolute atomic E-state index is 0.159. The fourth-order valence-corrected chi connectivity index (χ4v) is 1.75. The first-order valence-electron chi connectivity index (χ1n) is 5.49. The number of unbranched alkanes of at least 4 members (excludes halogenated alkanes) is 3. The van der Waals surface area contributed by atoms with Crippen molar-refractivity contribution < 1.29 is 4.80 Å². The van der Waals surface area contributed by atoms with Gasteiger partial charge in [0.1, 0.15) is 0 Å². The summed E-state index contributed by atoms with van der Waals surface area (Å²) in [7, 11) is 0.159. The molecule has 1 N–H and O–H groups in total. The lowest BCUT2D eigenvalue weighted by Gasteiger charge is -2.22. The van der Waals surface area contributed by atoms with Crippen LogP contribution < -0.4 is 0 Å². The molecule has 0 fully saturated rings. The van der Waals surface area contributed by atoms with Crippen LogP contribution in [-0.2, 0) is 0 Å². The Morgan fingerprint density at radius 2 is 1.69 bits per heavy atom. The van der Waals surface area contributed by atoms with Gasteiger partial charge in [-0.1, -0.05) is 52.9 Å². The molecule has 0 bridgehead atoms.